The molecule has 2 nitrogen and oxygen atoms in total. The third-order valence-electron chi connectivity index (χ3n) is 4.31. The number of pyridine rings is 1. The van der Waals surface area contributed by atoms with E-state index in [1.54, 1.807) is 0 Å². The predicted octanol–water partition coefficient (Wildman–Crippen LogP) is 5.03. The molecule has 3 rings (SSSR count). The van der Waals surface area contributed by atoms with Crippen LogP contribution in [0.3, 0.4) is 0 Å². The van der Waals surface area contributed by atoms with Crippen molar-refractivity contribution in [3.05, 3.63) is 53.6 Å². The van der Waals surface area contributed by atoms with Crippen LogP contribution >= 0.6 is 23.4 Å². The highest BCUT2D eigenvalue weighted by Gasteiger charge is 2.21. The molecule has 0 spiro atoms. The number of halogens is 2. The number of benzene rings is 1. The first-order valence-electron chi connectivity index (χ1n) is 7.85. The molecule has 0 aliphatic carbocycles. The molecule has 1 fully saturated rings. The summed E-state index contributed by atoms with van der Waals surface area (Å²) in [5.41, 5.74) is 3.29. The summed E-state index contributed by atoms with van der Waals surface area (Å²) in [6, 6.07) is 8.88. The van der Waals surface area contributed by atoms with Gasteiger partial charge in [-0.1, -0.05) is 0 Å². The van der Waals surface area contributed by atoms with Gasteiger partial charge >= 0.3 is 0 Å². The number of alkyl halides is 1. The van der Waals surface area contributed by atoms with Crippen molar-refractivity contribution in [2.75, 3.05) is 18.0 Å². The van der Waals surface area contributed by atoms with Crippen LogP contribution in [0.25, 0.3) is 0 Å². The van der Waals surface area contributed by atoms with Gasteiger partial charge in [-0.2, -0.15) is 0 Å². The Labute approximate surface area is 146 Å². The van der Waals surface area contributed by atoms with Crippen molar-refractivity contribution in [1.82, 2.24) is 4.98 Å². The number of hydrogen-bond donors (Lipinski definition) is 0. The van der Waals surface area contributed by atoms with Crippen LogP contribution in [0, 0.1) is 12.7 Å². The Morgan fingerprint density at radius 1 is 1.22 bits per heavy atom. The molecule has 122 valence electrons. The molecule has 5 heteroatoms. The number of rotatable bonds is 4. The normalized spacial score (nSPS) is 15.9. The van der Waals surface area contributed by atoms with Crippen LogP contribution < -0.4 is 4.90 Å². The monoisotopic (exact) mass is 350 g/mol. The number of piperidine rings is 1. The van der Waals surface area contributed by atoms with Gasteiger partial charge in [-0.15, -0.1) is 23.4 Å². The largest absolute Gasteiger partial charge is 0.371 e. The minimum absolute atomic E-state index is 0.178. The molecule has 2 heterocycles. The van der Waals surface area contributed by atoms with E-state index >= 15 is 0 Å². The Balaban J connectivity index is 1.60. The maximum absolute atomic E-state index is 13.0. The van der Waals surface area contributed by atoms with Gasteiger partial charge in [0.1, 0.15) is 5.82 Å². The van der Waals surface area contributed by atoms with Crippen LogP contribution in [0.1, 0.15) is 24.1 Å². The maximum Gasteiger partial charge on any atom is 0.123 e. The van der Waals surface area contributed by atoms with E-state index in [0.717, 1.165) is 37.3 Å². The second kappa shape index (κ2) is 7.54. The van der Waals surface area contributed by atoms with Crippen molar-refractivity contribution in [2.24, 2.45) is 0 Å². The molecule has 0 saturated carbocycles. The van der Waals surface area contributed by atoms with E-state index in [1.807, 2.05) is 30.1 Å². The number of hydrogen-bond acceptors (Lipinski definition) is 3. The highest BCUT2D eigenvalue weighted by molar-refractivity contribution is 8.00. The third kappa shape index (κ3) is 3.99. The summed E-state index contributed by atoms with van der Waals surface area (Å²) in [5.74, 6) is 0.283. The van der Waals surface area contributed by atoms with Crippen molar-refractivity contribution in [1.29, 1.82) is 0 Å². The van der Waals surface area contributed by atoms with Crippen LogP contribution in [-0.4, -0.2) is 23.3 Å². The molecule has 1 aromatic heterocycles. The summed E-state index contributed by atoms with van der Waals surface area (Å²) in [6.07, 6.45) is 4.10. The van der Waals surface area contributed by atoms with Gasteiger partial charge < -0.3 is 4.90 Å². The van der Waals surface area contributed by atoms with Crippen LogP contribution in [-0.2, 0) is 5.88 Å². The number of nitrogens with zero attached hydrogens (tertiary/aromatic N) is 2. The molecule has 0 bridgehead atoms. The van der Waals surface area contributed by atoms with Crippen LogP contribution in [0.15, 0.2) is 41.4 Å². The van der Waals surface area contributed by atoms with Gasteiger partial charge in [0, 0.05) is 35.1 Å². The molecule has 0 amide bonds. The second-order valence-electron chi connectivity index (χ2n) is 5.80. The molecule has 2 aromatic rings. The van der Waals surface area contributed by atoms with E-state index in [4.69, 9.17) is 11.6 Å². The zero-order valence-electron chi connectivity index (χ0n) is 13.1. The van der Waals surface area contributed by atoms with Crippen LogP contribution in [0.5, 0.6) is 0 Å². The molecular formula is C18H20ClFN2S. The Kier molecular flexibility index (Phi) is 5.44. The topological polar surface area (TPSA) is 16.1 Å². The first kappa shape index (κ1) is 16.6. The SMILES string of the molecule is Cc1c(SC2CCN(c3ccc(F)cc3)CC2)ccnc1CCl. The summed E-state index contributed by atoms with van der Waals surface area (Å²) in [7, 11) is 0. The Bertz CT molecular complexity index is 655. The quantitative estimate of drug-likeness (QED) is 0.719. The first-order valence-corrected chi connectivity index (χ1v) is 9.26. The lowest BCUT2D eigenvalue weighted by molar-refractivity contribution is 0.589. The van der Waals surface area contributed by atoms with Crippen LogP contribution in [0.4, 0.5) is 10.1 Å². The summed E-state index contributed by atoms with van der Waals surface area (Å²) >= 11 is 7.87. The molecular weight excluding hydrogens is 331 g/mol. The van der Waals surface area contributed by atoms with Crippen molar-refractivity contribution < 1.29 is 4.39 Å². The van der Waals surface area contributed by atoms with Gasteiger partial charge in [0.25, 0.3) is 0 Å². The van der Waals surface area contributed by atoms with Gasteiger partial charge in [0.2, 0.25) is 0 Å². The lowest BCUT2D eigenvalue weighted by Gasteiger charge is -2.33. The standard InChI is InChI=1S/C18H20ClFN2S/c1-13-17(12-19)21-9-6-18(13)23-16-7-10-22(11-8-16)15-4-2-14(20)3-5-15/h2-6,9,16H,7-8,10-12H2,1H3. The van der Waals surface area contributed by atoms with Gasteiger partial charge in [0.05, 0.1) is 11.6 Å². The summed E-state index contributed by atoms with van der Waals surface area (Å²) < 4.78 is 13.0. The van der Waals surface area contributed by atoms with Crippen molar-refractivity contribution in [2.45, 2.75) is 35.8 Å². The molecule has 1 aliphatic rings. The zero-order chi connectivity index (χ0) is 16.2. The van der Waals surface area contributed by atoms with Gasteiger partial charge in [-0.05, 0) is 55.7 Å². The Morgan fingerprint density at radius 3 is 2.57 bits per heavy atom. The molecule has 0 atom stereocenters. The fourth-order valence-corrected chi connectivity index (χ4v) is 4.39. The molecule has 0 N–H and O–H groups in total. The van der Waals surface area contributed by atoms with Gasteiger partial charge in [0.15, 0.2) is 0 Å². The number of aromatic nitrogens is 1. The lowest BCUT2D eigenvalue weighted by Crippen LogP contribution is -2.34. The average Bonchev–Trinajstić information content (AvgIpc) is 2.58. The first-order chi connectivity index (χ1) is 11.2. The number of thioether (sulfide) groups is 1. The van der Waals surface area contributed by atoms with Crippen LogP contribution in [0.2, 0.25) is 0 Å². The van der Waals surface area contributed by atoms with E-state index < -0.39 is 0 Å². The fraction of sp³-hybridized carbons (Fsp3) is 0.389. The molecule has 0 radical (unpaired) electrons. The Hall–Kier alpha value is -1.26. The minimum atomic E-state index is -0.178. The maximum atomic E-state index is 13.0. The molecule has 1 aromatic carbocycles. The molecule has 23 heavy (non-hydrogen) atoms. The summed E-state index contributed by atoms with van der Waals surface area (Å²) in [5, 5.41) is 0.607. The smallest absolute Gasteiger partial charge is 0.123 e. The molecule has 1 aliphatic heterocycles. The van der Waals surface area contributed by atoms with E-state index in [0.29, 0.717) is 11.1 Å². The Morgan fingerprint density at radius 2 is 1.91 bits per heavy atom. The van der Waals surface area contributed by atoms with E-state index in [2.05, 4.69) is 22.9 Å². The van der Waals surface area contributed by atoms with E-state index in [9.17, 15) is 4.39 Å². The van der Waals surface area contributed by atoms with Gasteiger partial charge in [-0.25, -0.2) is 4.39 Å². The molecule has 1 saturated heterocycles. The third-order valence-corrected chi connectivity index (χ3v) is 6.07. The number of anilines is 1. The highest BCUT2D eigenvalue weighted by atomic mass is 35.5. The van der Waals surface area contributed by atoms with E-state index in [1.165, 1.54) is 22.6 Å². The second-order valence-corrected chi connectivity index (χ2v) is 7.40. The van der Waals surface area contributed by atoms with Crippen molar-refractivity contribution in [3.8, 4) is 0 Å². The van der Waals surface area contributed by atoms with Crippen molar-refractivity contribution in [3.63, 3.8) is 0 Å². The highest BCUT2D eigenvalue weighted by Crippen LogP contribution is 2.34. The predicted molar refractivity (Wildman–Crippen MR) is 96.0 cm³/mol. The molecule has 0 unspecified atom stereocenters. The lowest BCUT2D eigenvalue weighted by atomic mass is 10.1. The van der Waals surface area contributed by atoms with Crippen molar-refractivity contribution >= 4 is 29.1 Å². The van der Waals surface area contributed by atoms with E-state index in [-0.39, 0.29) is 5.82 Å². The summed E-state index contributed by atoms with van der Waals surface area (Å²) in [4.78, 5) is 7.95. The average molecular weight is 351 g/mol. The zero-order valence-corrected chi connectivity index (χ0v) is 14.7. The summed E-state index contributed by atoms with van der Waals surface area (Å²) in [6.45, 7) is 4.12. The van der Waals surface area contributed by atoms with Gasteiger partial charge in [-0.3, -0.25) is 4.98 Å². The minimum Gasteiger partial charge on any atom is -0.371 e. The fourth-order valence-electron chi connectivity index (χ4n) is 2.88.